The van der Waals surface area contributed by atoms with Crippen molar-refractivity contribution < 1.29 is 23.5 Å². The molecule has 3 aromatic rings. The number of aromatic nitrogens is 2. The van der Waals surface area contributed by atoms with Crippen molar-refractivity contribution in [3.05, 3.63) is 69.4 Å². The van der Waals surface area contributed by atoms with Gasteiger partial charge in [-0.05, 0) is 37.3 Å². The van der Waals surface area contributed by atoms with Crippen molar-refractivity contribution >= 4 is 63.6 Å². The highest BCUT2D eigenvalue weighted by Crippen LogP contribution is 2.35. The summed E-state index contributed by atoms with van der Waals surface area (Å²) in [4.78, 5) is 60.1. The van der Waals surface area contributed by atoms with Gasteiger partial charge in [0, 0.05) is 19.3 Å². The summed E-state index contributed by atoms with van der Waals surface area (Å²) in [6.07, 6.45) is 4.32. The van der Waals surface area contributed by atoms with Crippen LogP contribution in [-0.4, -0.2) is 62.1 Å². The molecular formula is C25H23N5O6S2. The second-order valence-electron chi connectivity index (χ2n) is 8.44. The molecule has 196 valence electrons. The van der Waals surface area contributed by atoms with Crippen LogP contribution < -0.4 is 15.8 Å². The molecule has 3 aromatic heterocycles. The molecule has 0 aliphatic carbocycles. The topological polar surface area (TPSA) is 126 Å². The van der Waals surface area contributed by atoms with Gasteiger partial charge in [-0.15, -0.1) is 0 Å². The Hall–Kier alpha value is -3.97. The van der Waals surface area contributed by atoms with Gasteiger partial charge in [-0.1, -0.05) is 30.0 Å². The number of thiocarbonyl (C=S) groups is 1. The number of carbonyl (C=O) groups excluding carboxylic acids is 3. The molecule has 2 amide bonds. The number of esters is 1. The summed E-state index contributed by atoms with van der Waals surface area (Å²) in [6, 6.07) is 7.62. The summed E-state index contributed by atoms with van der Waals surface area (Å²) in [5.41, 5.74) is 0.0365. The van der Waals surface area contributed by atoms with Gasteiger partial charge in [0.05, 0.1) is 36.3 Å². The Morgan fingerprint density at radius 2 is 2.13 bits per heavy atom. The van der Waals surface area contributed by atoms with Crippen LogP contribution in [0.4, 0.5) is 5.82 Å². The highest BCUT2D eigenvalue weighted by atomic mass is 32.2. The quantitative estimate of drug-likeness (QED) is 0.264. The van der Waals surface area contributed by atoms with Gasteiger partial charge in [-0.25, -0.2) is 4.98 Å². The van der Waals surface area contributed by atoms with Crippen molar-refractivity contribution in [1.82, 2.24) is 19.6 Å². The van der Waals surface area contributed by atoms with Crippen molar-refractivity contribution in [3.63, 3.8) is 0 Å². The fraction of sp³-hybridized carbons (Fsp3) is 0.280. The molecule has 11 nitrogen and oxygen atoms in total. The van der Waals surface area contributed by atoms with Gasteiger partial charge in [-0.3, -0.25) is 28.5 Å². The predicted octanol–water partition coefficient (Wildman–Crippen LogP) is 1.95. The average Bonchev–Trinajstić information content (AvgIpc) is 3.51. The SMILES string of the molecule is CCOC(=O)CC1C(=O)NCCN1c1nc2ccccn2c(=O)c1C=C1SC(=S)N(Cc2ccco2)C1=O. The van der Waals surface area contributed by atoms with Crippen molar-refractivity contribution in [2.24, 2.45) is 0 Å². The maximum Gasteiger partial charge on any atom is 0.308 e. The lowest BCUT2D eigenvalue weighted by Gasteiger charge is -2.36. The van der Waals surface area contributed by atoms with E-state index in [0.717, 1.165) is 11.8 Å². The molecule has 2 saturated heterocycles. The Bertz CT molecular complexity index is 1520. The van der Waals surface area contributed by atoms with E-state index in [0.29, 0.717) is 28.8 Å². The van der Waals surface area contributed by atoms with E-state index in [1.54, 1.807) is 48.4 Å². The van der Waals surface area contributed by atoms with Crippen LogP contribution >= 0.6 is 24.0 Å². The summed E-state index contributed by atoms with van der Waals surface area (Å²) in [7, 11) is 0. The molecule has 0 saturated carbocycles. The van der Waals surface area contributed by atoms with Crippen molar-refractivity contribution in [1.29, 1.82) is 0 Å². The first-order valence-corrected chi connectivity index (χ1v) is 13.1. The molecule has 13 heteroatoms. The van der Waals surface area contributed by atoms with Gasteiger partial charge in [0.2, 0.25) is 5.91 Å². The molecule has 5 rings (SSSR count). The van der Waals surface area contributed by atoms with Crippen LogP contribution in [0.25, 0.3) is 11.7 Å². The number of hydrogen-bond donors (Lipinski definition) is 1. The molecule has 1 atom stereocenters. The number of nitrogens with zero attached hydrogens (tertiary/aromatic N) is 4. The zero-order valence-corrected chi connectivity index (χ0v) is 21.9. The lowest BCUT2D eigenvalue weighted by Crippen LogP contribution is -2.57. The van der Waals surface area contributed by atoms with Crippen molar-refractivity contribution in [3.8, 4) is 0 Å². The smallest absolute Gasteiger partial charge is 0.308 e. The molecule has 2 fully saturated rings. The van der Waals surface area contributed by atoms with Crippen LogP contribution in [0.3, 0.4) is 0 Å². The first-order chi connectivity index (χ1) is 18.4. The molecule has 2 aliphatic rings. The van der Waals surface area contributed by atoms with Gasteiger partial charge in [0.1, 0.15) is 27.6 Å². The van der Waals surface area contributed by atoms with Gasteiger partial charge in [-0.2, -0.15) is 0 Å². The summed E-state index contributed by atoms with van der Waals surface area (Å²) in [5.74, 6) is -0.537. The fourth-order valence-electron chi connectivity index (χ4n) is 4.31. The van der Waals surface area contributed by atoms with E-state index in [4.69, 9.17) is 26.4 Å². The van der Waals surface area contributed by atoms with E-state index in [2.05, 4.69) is 5.32 Å². The molecule has 0 bridgehead atoms. The van der Waals surface area contributed by atoms with Gasteiger partial charge < -0.3 is 19.4 Å². The largest absolute Gasteiger partial charge is 0.467 e. The Kier molecular flexibility index (Phi) is 7.29. The zero-order valence-electron chi connectivity index (χ0n) is 20.3. The first kappa shape index (κ1) is 25.7. The number of carbonyl (C=O) groups is 3. The van der Waals surface area contributed by atoms with Crippen LogP contribution in [0.15, 0.2) is 56.9 Å². The number of thioether (sulfide) groups is 1. The molecule has 38 heavy (non-hydrogen) atoms. The van der Waals surface area contributed by atoms with E-state index in [1.807, 2.05) is 0 Å². The van der Waals surface area contributed by atoms with E-state index < -0.39 is 17.6 Å². The maximum absolute atomic E-state index is 13.7. The summed E-state index contributed by atoms with van der Waals surface area (Å²) in [6.45, 7) is 2.60. The van der Waals surface area contributed by atoms with Crippen molar-refractivity contribution in [2.75, 3.05) is 24.6 Å². The van der Waals surface area contributed by atoms with Gasteiger partial charge >= 0.3 is 5.97 Å². The molecule has 1 N–H and O–H groups in total. The lowest BCUT2D eigenvalue weighted by atomic mass is 10.1. The summed E-state index contributed by atoms with van der Waals surface area (Å²) in [5, 5.41) is 2.76. The van der Waals surface area contributed by atoms with Gasteiger partial charge in [0.25, 0.3) is 11.5 Å². The monoisotopic (exact) mass is 553 g/mol. The van der Waals surface area contributed by atoms with E-state index in [1.165, 1.54) is 21.6 Å². The Morgan fingerprint density at radius 1 is 1.29 bits per heavy atom. The highest BCUT2D eigenvalue weighted by Gasteiger charge is 2.37. The van der Waals surface area contributed by atoms with E-state index in [9.17, 15) is 19.2 Å². The van der Waals surface area contributed by atoms with Crippen molar-refractivity contribution in [2.45, 2.75) is 25.9 Å². The van der Waals surface area contributed by atoms with E-state index in [-0.39, 0.29) is 47.7 Å². The molecule has 0 spiro atoms. The highest BCUT2D eigenvalue weighted by molar-refractivity contribution is 8.26. The number of furan rings is 1. The average molecular weight is 554 g/mol. The number of hydrogen-bond acceptors (Lipinski definition) is 10. The zero-order chi connectivity index (χ0) is 26.8. The number of nitrogens with one attached hydrogen (secondary N) is 1. The number of fused-ring (bicyclic) bond motifs is 1. The lowest BCUT2D eigenvalue weighted by molar-refractivity contribution is -0.145. The molecule has 2 aliphatic heterocycles. The molecule has 5 heterocycles. The minimum atomic E-state index is -0.943. The fourth-order valence-corrected chi connectivity index (χ4v) is 5.55. The minimum absolute atomic E-state index is 0.107. The van der Waals surface area contributed by atoms with Crippen LogP contribution in [0, 0.1) is 0 Å². The Balaban J connectivity index is 1.60. The summed E-state index contributed by atoms with van der Waals surface area (Å²) < 4.78 is 12.1. The molecule has 0 radical (unpaired) electrons. The number of piperazine rings is 1. The maximum atomic E-state index is 13.7. The third kappa shape index (κ3) is 4.94. The standard InChI is InChI=1S/C25H23N5O6S2/c1-2-35-20(31)13-17-22(32)26-8-10-28(17)21-16(23(33)29-9-4-3-7-19(29)27-21)12-18-24(34)30(25(37)38-18)14-15-6-5-11-36-15/h3-7,9,11-12,17H,2,8,10,13-14H2,1H3,(H,26,32). The van der Waals surface area contributed by atoms with Crippen LogP contribution in [0.2, 0.25) is 0 Å². The Labute approximate surface area is 226 Å². The second kappa shape index (κ2) is 10.8. The number of ether oxygens (including phenoxy) is 1. The van der Waals surface area contributed by atoms with Crippen LogP contribution in [0.1, 0.15) is 24.7 Å². The number of pyridine rings is 1. The third-order valence-corrected chi connectivity index (χ3v) is 7.44. The van der Waals surface area contributed by atoms with Crippen LogP contribution in [-0.2, 0) is 25.7 Å². The normalized spacial score (nSPS) is 18.9. The molecular weight excluding hydrogens is 530 g/mol. The number of rotatable bonds is 7. The molecule has 0 aromatic carbocycles. The van der Waals surface area contributed by atoms with Crippen LogP contribution in [0.5, 0.6) is 0 Å². The Morgan fingerprint density at radius 3 is 2.89 bits per heavy atom. The number of anilines is 1. The number of amides is 2. The van der Waals surface area contributed by atoms with E-state index >= 15 is 0 Å². The summed E-state index contributed by atoms with van der Waals surface area (Å²) >= 11 is 6.50. The molecule has 1 unspecified atom stereocenters. The third-order valence-electron chi connectivity index (χ3n) is 6.06. The second-order valence-corrected chi connectivity index (χ2v) is 10.1. The minimum Gasteiger partial charge on any atom is -0.467 e. The predicted molar refractivity (Wildman–Crippen MR) is 144 cm³/mol. The first-order valence-electron chi connectivity index (χ1n) is 11.9. The van der Waals surface area contributed by atoms with Gasteiger partial charge in [0.15, 0.2) is 0 Å².